The zero-order chi connectivity index (χ0) is 12.4. The summed E-state index contributed by atoms with van der Waals surface area (Å²) in [5.41, 5.74) is 1.09. The average molecular weight is 364 g/mol. The van der Waals surface area contributed by atoms with E-state index in [4.69, 9.17) is 4.42 Å². The Morgan fingerprint density at radius 2 is 2.29 bits per heavy atom. The lowest BCUT2D eigenvalue weighted by molar-refractivity contribution is 0.138. The van der Waals surface area contributed by atoms with Gasteiger partial charge in [-0.1, -0.05) is 0 Å². The number of furan rings is 1. The fourth-order valence-corrected chi connectivity index (χ4v) is 2.21. The van der Waals surface area contributed by atoms with Gasteiger partial charge in [0.25, 0.3) is 0 Å². The van der Waals surface area contributed by atoms with Crippen LogP contribution in [0.4, 0.5) is 0 Å². The van der Waals surface area contributed by atoms with E-state index in [0.29, 0.717) is 16.9 Å². The molecule has 0 aliphatic carbocycles. The summed E-state index contributed by atoms with van der Waals surface area (Å²) in [7, 11) is 1.89. The number of aromatic nitrogens is 2. The van der Waals surface area contributed by atoms with Crippen LogP contribution in [-0.4, -0.2) is 14.9 Å². The maximum Gasteiger partial charge on any atom is 0.183 e. The third-order valence-corrected chi connectivity index (χ3v) is 4.30. The fraction of sp³-hybridized carbons (Fsp3) is 0.364. The van der Waals surface area contributed by atoms with Crippen molar-refractivity contribution in [2.45, 2.75) is 18.9 Å². The van der Waals surface area contributed by atoms with Gasteiger partial charge in [-0.2, -0.15) is 5.10 Å². The number of aryl methyl sites for hydroxylation is 2. The van der Waals surface area contributed by atoms with Crippen LogP contribution in [0, 0.1) is 0 Å². The number of aliphatic hydroxyl groups excluding tert-OH is 1. The van der Waals surface area contributed by atoms with E-state index in [0.717, 1.165) is 16.6 Å². The van der Waals surface area contributed by atoms with E-state index in [1.807, 2.05) is 13.1 Å². The van der Waals surface area contributed by atoms with E-state index in [-0.39, 0.29) is 0 Å². The highest BCUT2D eigenvalue weighted by Gasteiger charge is 2.15. The summed E-state index contributed by atoms with van der Waals surface area (Å²) in [6.07, 6.45) is 2.51. The first-order chi connectivity index (χ1) is 8.08. The second-order valence-electron chi connectivity index (χ2n) is 3.77. The first kappa shape index (κ1) is 12.9. The molecule has 0 aromatic carbocycles. The molecule has 2 aromatic rings. The van der Waals surface area contributed by atoms with Crippen LogP contribution in [0.25, 0.3) is 0 Å². The number of hydrogen-bond acceptors (Lipinski definition) is 3. The number of hydrogen-bond donors (Lipinski definition) is 1. The van der Waals surface area contributed by atoms with Gasteiger partial charge in [-0.3, -0.25) is 4.68 Å². The van der Waals surface area contributed by atoms with E-state index >= 15 is 0 Å². The van der Waals surface area contributed by atoms with Gasteiger partial charge < -0.3 is 9.52 Å². The first-order valence-corrected chi connectivity index (χ1v) is 6.76. The van der Waals surface area contributed by atoms with Gasteiger partial charge in [0.1, 0.15) is 11.9 Å². The van der Waals surface area contributed by atoms with Gasteiger partial charge in [0.2, 0.25) is 0 Å². The van der Waals surface area contributed by atoms with Crippen molar-refractivity contribution in [1.82, 2.24) is 9.78 Å². The Balaban J connectivity index is 1.98. The Bertz CT molecular complexity index is 488. The summed E-state index contributed by atoms with van der Waals surface area (Å²) in [6.45, 7) is 0. The normalized spacial score (nSPS) is 12.9. The van der Waals surface area contributed by atoms with Crippen molar-refractivity contribution >= 4 is 31.9 Å². The van der Waals surface area contributed by atoms with Crippen LogP contribution in [0.1, 0.15) is 24.0 Å². The molecule has 2 heterocycles. The molecule has 0 aliphatic heterocycles. The van der Waals surface area contributed by atoms with Gasteiger partial charge in [-0.05, 0) is 56.8 Å². The molecule has 6 heteroatoms. The molecule has 1 atom stereocenters. The average Bonchev–Trinajstić information content (AvgIpc) is 2.83. The third kappa shape index (κ3) is 3.00. The molecule has 0 aliphatic rings. The van der Waals surface area contributed by atoms with E-state index in [9.17, 15) is 5.11 Å². The molecule has 0 saturated carbocycles. The molecule has 0 saturated heterocycles. The van der Waals surface area contributed by atoms with E-state index < -0.39 is 6.10 Å². The van der Waals surface area contributed by atoms with E-state index in [1.165, 1.54) is 0 Å². The predicted octanol–water partition coefficient (Wildman–Crippen LogP) is 3.20. The zero-order valence-electron chi connectivity index (χ0n) is 9.23. The van der Waals surface area contributed by atoms with Gasteiger partial charge in [0.05, 0.1) is 4.47 Å². The number of nitrogens with zero attached hydrogens (tertiary/aromatic N) is 2. The molecule has 92 valence electrons. The highest BCUT2D eigenvalue weighted by Crippen LogP contribution is 2.31. The molecule has 0 bridgehead atoms. The van der Waals surface area contributed by atoms with Gasteiger partial charge in [-0.25, -0.2) is 0 Å². The van der Waals surface area contributed by atoms with E-state index in [1.54, 1.807) is 16.9 Å². The maximum atomic E-state index is 9.98. The lowest BCUT2D eigenvalue weighted by atomic mass is 10.1. The summed E-state index contributed by atoms with van der Waals surface area (Å²) in [6, 6.07) is 3.72. The Morgan fingerprint density at radius 3 is 2.82 bits per heavy atom. The standard InChI is InChI=1S/C11H12Br2N2O2/c1-15-7(4-5-14-15)2-3-9(16)10-6-8(12)11(13)17-10/h4-6,9,16H,2-3H2,1H3. The lowest BCUT2D eigenvalue weighted by Gasteiger charge is -2.07. The molecule has 0 spiro atoms. The molecular formula is C11H12Br2N2O2. The van der Waals surface area contributed by atoms with Crippen LogP contribution in [0.5, 0.6) is 0 Å². The Hall–Kier alpha value is -0.590. The largest absolute Gasteiger partial charge is 0.450 e. The monoisotopic (exact) mass is 362 g/mol. The minimum absolute atomic E-state index is 0.561. The Labute approximate surface area is 116 Å². The summed E-state index contributed by atoms with van der Waals surface area (Å²) < 4.78 is 8.60. The lowest BCUT2D eigenvalue weighted by Crippen LogP contribution is -2.02. The van der Waals surface area contributed by atoms with Crippen LogP contribution in [0.15, 0.2) is 31.9 Å². The minimum atomic E-state index is -0.604. The maximum absolute atomic E-state index is 9.98. The van der Waals surface area contributed by atoms with Crippen LogP contribution < -0.4 is 0 Å². The van der Waals surface area contributed by atoms with Crippen LogP contribution in [-0.2, 0) is 13.5 Å². The second kappa shape index (κ2) is 5.37. The molecule has 0 fully saturated rings. The molecule has 4 nitrogen and oxygen atoms in total. The quantitative estimate of drug-likeness (QED) is 0.907. The second-order valence-corrected chi connectivity index (χ2v) is 5.35. The number of aliphatic hydroxyl groups is 1. The fourth-order valence-electron chi connectivity index (χ4n) is 1.60. The SMILES string of the molecule is Cn1nccc1CCC(O)c1cc(Br)c(Br)o1. The summed E-state index contributed by atoms with van der Waals surface area (Å²) in [5, 5.41) is 14.1. The summed E-state index contributed by atoms with van der Waals surface area (Å²) in [4.78, 5) is 0. The highest BCUT2D eigenvalue weighted by atomic mass is 79.9. The molecule has 2 aromatic heterocycles. The van der Waals surface area contributed by atoms with Gasteiger partial charge in [0.15, 0.2) is 4.67 Å². The molecular weight excluding hydrogens is 352 g/mol. The van der Waals surface area contributed by atoms with Gasteiger partial charge in [0, 0.05) is 18.9 Å². The zero-order valence-corrected chi connectivity index (χ0v) is 12.4. The van der Waals surface area contributed by atoms with Crippen LogP contribution in [0.3, 0.4) is 0 Å². The molecule has 17 heavy (non-hydrogen) atoms. The molecule has 1 N–H and O–H groups in total. The highest BCUT2D eigenvalue weighted by molar-refractivity contribution is 9.13. The number of halogens is 2. The molecule has 0 radical (unpaired) electrons. The Kier molecular flexibility index (Phi) is 4.06. The van der Waals surface area contributed by atoms with Crippen LogP contribution in [0.2, 0.25) is 0 Å². The van der Waals surface area contributed by atoms with Crippen molar-refractivity contribution in [2.24, 2.45) is 7.05 Å². The minimum Gasteiger partial charge on any atom is -0.450 e. The van der Waals surface area contributed by atoms with Crippen molar-refractivity contribution in [3.63, 3.8) is 0 Å². The van der Waals surface area contributed by atoms with Crippen molar-refractivity contribution < 1.29 is 9.52 Å². The molecule has 0 amide bonds. The summed E-state index contributed by atoms with van der Waals surface area (Å²) in [5.74, 6) is 0.561. The topological polar surface area (TPSA) is 51.2 Å². The van der Waals surface area contributed by atoms with Gasteiger partial charge >= 0.3 is 0 Å². The number of rotatable bonds is 4. The van der Waals surface area contributed by atoms with Crippen molar-refractivity contribution in [3.05, 3.63) is 38.9 Å². The first-order valence-electron chi connectivity index (χ1n) is 5.17. The van der Waals surface area contributed by atoms with Crippen LogP contribution >= 0.6 is 31.9 Å². The molecule has 2 rings (SSSR count). The molecule has 1 unspecified atom stereocenters. The third-order valence-electron chi connectivity index (χ3n) is 2.59. The predicted molar refractivity (Wildman–Crippen MR) is 70.6 cm³/mol. The Morgan fingerprint density at radius 1 is 1.53 bits per heavy atom. The summed E-state index contributed by atoms with van der Waals surface area (Å²) >= 11 is 6.57. The van der Waals surface area contributed by atoms with Crippen molar-refractivity contribution in [1.29, 1.82) is 0 Å². The van der Waals surface area contributed by atoms with E-state index in [2.05, 4.69) is 37.0 Å². The van der Waals surface area contributed by atoms with Gasteiger partial charge in [-0.15, -0.1) is 0 Å². The smallest absolute Gasteiger partial charge is 0.183 e. The van der Waals surface area contributed by atoms with Crippen molar-refractivity contribution in [2.75, 3.05) is 0 Å². The van der Waals surface area contributed by atoms with Crippen molar-refractivity contribution in [3.8, 4) is 0 Å².